The van der Waals surface area contributed by atoms with Crippen molar-refractivity contribution in [2.45, 2.75) is 18.5 Å². The predicted octanol–water partition coefficient (Wildman–Crippen LogP) is 4.22. The zero-order valence-corrected chi connectivity index (χ0v) is 20.6. The molecule has 0 radical (unpaired) electrons. The molecule has 2 atom stereocenters. The second-order valence-electron chi connectivity index (χ2n) is 9.17. The Bertz CT molecular complexity index is 1620. The molecule has 38 heavy (non-hydrogen) atoms. The Morgan fingerprint density at radius 3 is 2.29 bits per heavy atom. The van der Waals surface area contributed by atoms with Gasteiger partial charge in [-0.05, 0) is 41.5 Å². The Hall–Kier alpha value is -4.92. The van der Waals surface area contributed by atoms with Crippen LogP contribution in [0.3, 0.4) is 0 Å². The second-order valence-corrected chi connectivity index (χ2v) is 9.17. The number of fused-ring (bicyclic) bond motifs is 4. The molecule has 3 amide bonds. The van der Waals surface area contributed by atoms with Crippen molar-refractivity contribution in [2.75, 3.05) is 19.1 Å². The van der Waals surface area contributed by atoms with Gasteiger partial charge in [0.1, 0.15) is 12.1 Å². The molecule has 1 saturated heterocycles. The van der Waals surface area contributed by atoms with Gasteiger partial charge in [0.15, 0.2) is 0 Å². The summed E-state index contributed by atoms with van der Waals surface area (Å²) in [6, 6.07) is 19.1. The first-order valence-electron chi connectivity index (χ1n) is 12.1. The van der Waals surface area contributed by atoms with Crippen molar-refractivity contribution in [1.82, 2.24) is 9.88 Å². The number of rotatable bonds is 4. The van der Waals surface area contributed by atoms with Gasteiger partial charge in [0, 0.05) is 23.0 Å². The molecule has 0 spiro atoms. The first kappa shape index (κ1) is 23.5. The number of hydrogen-bond acceptors (Lipinski definition) is 6. The van der Waals surface area contributed by atoms with Gasteiger partial charge in [-0.25, -0.2) is 19.3 Å². The van der Waals surface area contributed by atoms with Crippen molar-refractivity contribution >= 4 is 40.5 Å². The number of carbonyl (C=O) groups is 4. The van der Waals surface area contributed by atoms with Gasteiger partial charge in [0.25, 0.3) is 5.91 Å². The van der Waals surface area contributed by atoms with Crippen molar-refractivity contribution in [1.29, 1.82) is 0 Å². The predicted molar refractivity (Wildman–Crippen MR) is 138 cm³/mol. The van der Waals surface area contributed by atoms with Crippen LogP contribution in [0, 0.1) is 0 Å². The molecule has 0 aliphatic carbocycles. The van der Waals surface area contributed by atoms with Crippen LogP contribution in [0.15, 0.2) is 72.8 Å². The molecular weight excluding hydrogens is 486 g/mol. The summed E-state index contributed by atoms with van der Waals surface area (Å²) >= 11 is 0. The summed E-state index contributed by atoms with van der Waals surface area (Å²) < 4.78 is 9.72. The lowest BCUT2D eigenvalue weighted by Crippen LogP contribution is -2.44. The largest absolute Gasteiger partial charge is 0.465 e. The van der Waals surface area contributed by atoms with Crippen molar-refractivity contribution in [3.05, 3.63) is 101 Å². The number of hydrogen-bond donors (Lipinski definition) is 1. The van der Waals surface area contributed by atoms with Gasteiger partial charge in [0.05, 0.1) is 31.0 Å². The maximum Gasteiger partial charge on any atom is 0.339 e. The molecule has 9 heteroatoms. The Morgan fingerprint density at radius 1 is 0.868 bits per heavy atom. The van der Waals surface area contributed by atoms with Crippen LogP contribution in [0.2, 0.25) is 0 Å². The zero-order valence-electron chi connectivity index (χ0n) is 20.6. The van der Waals surface area contributed by atoms with E-state index in [1.54, 1.807) is 47.4 Å². The number of urea groups is 1. The highest BCUT2D eigenvalue weighted by Crippen LogP contribution is 2.45. The van der Waals surface area contributed by atoms with E-state index < -0.39 is 36.0 Å². The van der Waals surface area contributed by atoms with E-state index in [0.29, 0.717) is 12.0 Å². The van der Waals surface area contributed by atoms with Crippen LogP contribution in [-0.2, 0) is 20.7 Å². The summed E-state index contributed by atoms with van der Waals surface area (Å²) in [5.74, 6) is -1.53. The van der Waals surface area contributed by atoms with Crippen LogP contribution in [0.5, 0.6) is 0 Å². The second kappa shape index (κ2) is 8.88. The minimum atomic E-state index is -0.787. The van der Waals surface area contributed by atoms with Gasteiger partial charge in [-0.15, -0.1) is 0 Å². The number of aromatic amines is 1. The molecular formula is C29H23N3O6. The lowest BCUT2D eigenvalue weighted by atomic mass is 9.88. The van der Waals surface area contributed by atoms with E-state index in [2.05, 4.69) is 4.98 Å². The third-order valence-electron chi connectivity index (χ3n) is 7.25. The molecule has 3 heterocycles. The fraction of sp³-hybridized carbons (Fsp3) is 0.172. The van der Waals surface area contributed by atoms with Crippen LogP contribution in [0.25, 0.3) is 10.9 Å². The van der Waals surface area contributed by atoms with Crippen molar-refractivity contribution < 1.29 is 28.7 Å². The summed E-state index contributed by atoms with van der Waals surface area (Å²) in [5, 5.41) is 0.979. The molecule has 9 nitrogen and oxygen atoms in total. The fourth-order valence-electron chi connectivity index (χ4n) is 5.51. The number of anilines is 1. The Morgan fingerprint density at radius 2 is 1.55 bits per heavy atom. The van der Waals surface area contributed by atoms with E-state index >= 15 is 0 Å². The van der Waals surface area contributed by atoms with E-state index in [-0.39, 0.29) is 11.3 Å². The third kappa shape index (κ3) is 3.39. The molecule has 0 bridgehead atoms. The molecule has 1 fully saturated rings. The number of amides is 3. The molecule has 0 unspecified atom stereocenters. The first-order chi connectivity index (χ1) is 18.4. The van der Waals surface area contributed by atoms with E-state index in [4.69, 9.17) is 9.47 Å². The number of aromatic nitrogens is 1. The number of nitrogens with one attached hydrogen (secondary N) is 1. The van der Waals surface area contributed by atoms with E-state index in [9.17, 15) is 19.2 Å². The number of ether oxygens (including phenoxy) is 2. The van der Waals surface area contributed by atoms with Crippen LogP contribution in [-0.4, -0.2) is 54.0 Å². The molecule has 190 valence electrons. The maximum atomic E-state index is 14.0. The lowest BCUT2D eigenvalue weighted by molar-refractivity contribution is -0.120. The average Bonchev–Trinajstić information content (AvgIpc) is 3.45. The monoisotopic (exact) mass is 509 g/mol. The van der Waals surface area contributed by atoms with Crippen LogP contribution in [0.4, 0.5) is 10.5 Å². The van der Waals surface area contributed by atoms with E-state index in [0.717, 1.165) is 32.6 Å². The Balaban J connectivity index is 1.51. The normalized spacial score (nSPS) is 18.4. The number of carbonyl (C=O) groups excluding carboxylic acids is 4. The lowest BCUT2D eigenvalue weighted by Gasteiger charge is -2.36. The number of H-pyrrole nitrogens is 1. The Labute approximate surface area is 217 Å². The molecule has 2 aliphatic rings. The standard InChI is InChI=1S/C29H23N3O6/c1-37-27(34)17-13-11-16(12-14-17)25-24-20(18-7-3-5-9-21(18)30-24)15-23-26(33)32(29(36)31(23)25)22-10-6-4-8-19(22)28(35)38-2/h3-14,23,25,30H,15H2,1-2H3/t23-,25-/m0/s1. The first-order valence-corrected chi connectivity index (χ1v) is 12.1. The Kier molecular flexibility index (Phi) is 5.48. The summed E-state index contributed by atoms with van der Waals surface area (Å²) in [4.78, 5) is 58.5. The molecule has 6 rings (SSSR count). The minimum Gasteiger partial charge on any atom is -0.465 e. The van der Waals surface area contributed by atoms with Gasteiger partial charge < -0.3 is 14.5 Å². The topological polar surface area (TPSA) is 109 Å². The smallest absolute Gasteiger partial charge is 0.339 e. The number of esters is 2. The van der Waals surface area contributed by atoms with Gasteiger partial charge in [0.2, 0.25) is 0 Å². The number of benzene rings is 3. The van der Waals surface area contributed by atoms with Gasteiger partial charge in [-0.2, -0.15) is 0 Å². The van der Waals surface area contributed by atoms with Crippen molar-refractivity contribution in [3.8, 4) is 0 Å². The van der Waals surface area contributed by atoms with Crippen molar-refractivity contribution in [2.24, 2.45) is 0 Å². The molecule has 4 aromatic rings. The third-order valence-corrected chi connectivity index (χ3v) is 7.25. The van der Waals surface area contributed by atoms with Crippen LogP contribution < -0.4 is 4.90 Å². The number of methoxy groups -OCH3 is 2. The highest BCUT2D eigenvalue weighted by Gasteiger charge is 2.53. The SMILES string of the molecule is COC(=O)c1ccc([C@H]2c3[nH]c4ccccc4c3C[C@H]3C(=O)N(c4ccccc4C(=O)OC)C(=O)N23)cc1. The quantitative estimate of drug-likeness (QED) is 0.326. The van der Waals surface area contributed by atoms with Crippen molar-refractivity contribution in [3.63, 3.8) is 0 Å². The fourth-order valence-corrected chi connectivity index (χ4v) is 5.51. The summed E-state index contributed by atoms with van der Waals surface area (Å²) in [5.41, 5.74) is 4.06. The molecule has 2 aliphatic heterocycles. The summed E-state index contributed by atoms with van der Waals surface area (Å²) in [6.45, 7) is 0. The minimum absolute atomic E-state index is 0.125. The number of para-hydroxylation sites is 2. The van der Waals surface area contributed by atoms with Crippen LogP contribution >= 0.6 is 0 Å². The molecule has 3 aromatic carbocycles. The summed E-state index contributed by atoms with van der Waals surface area (Å²) in [6.07, 6.45) is 0.317. The van der Waals surface area contributed by atoms with Gasteiger partial charge in [-0.1, -0.05) is 42.5 Å². The maximum absolute atomic E-state index is 14.0. The summed E-state index contributed by atoms with van der Waals surface area (Å²) in [7, 11) is 2.57. The molecule has 1 N–H and O–H groups in total. The van der Waals surface area contributed by atoms with E-state index in [1.807, 2.05) is 24.3 Å². The molecule has 0 saturated carbocycles. The highest BCUT2D eigenvalue weighted by molar-refractivity contribution is 6.23. The van der Waals surface area contributed by atoms with Gasteiger partial charge in [-0.3, -0.25) is 9.69 Å². The number of nitrogens with zero attached hydrogens (tertiary/aromatic N) is 2. The van der Waals surface area contributed by atoms with E-state index in [1.165, 1.54) is 20.3 Å². The highest BCUT2D eigenvalue weighted by atomic mass is 16.5. The number of imide groups is 1. The molecule has 1 aromatic heterocycles. The van der Waals surface area contributed by atoms with Crippen LogP contribution in [0.1, 0.15) is 43.6 Å². The average molecular weight is 510 g/mol. The van der Waals surface area contributed by atoms with Gasteiger partial charge >= 0.3 is 18.0 Å². The zero-order chi connectivity index (χ0) is 26.6.